The van der Waals surface area contributed by atoms with Crippen molar-refractivity contribution in [1.29, 1.82) is 0 Å². The molecule has 1 amide bonds. The summed E-state index contributed by atoms with van der Waals surface area (Å²) < 4.78 is 0. The van der Waals surface area contributed by atoms with Crippen LogP contribution in [-0.2, 0) is 11.3 Å². The quantitative estimate of drug-likeness (QED) is 0.800. The normalized spacial score (nSPS) is 10.5. The van der Waals surface area contributed by atoms with Gasteiger partial charge in [-0.15, -0.1) is 0 Å². The zero-order chi connectivity index (χ0) is 12.0. The fraction of sp³-hybridized carbons (Fsp3) is 0.462. The van der Waals surface area contributed by atoms with E-state index in [1.54, 1.807) is 0 Å². The third-order valence-electron chi connectivity index (χ3n) is 2.27. The molecule has 0 radical (unpaired) electrons. The number of hydrogen-bond acceptors (Lipinski definition) is 2. The number of carbonyl (C=O) groups excluding carboxylic acids is 1. The van der Waals surface area contributed by atoms with Crippen molar-refractivity contribution < 1.29 is 4.79 Å². The second-order valence-corrected chi connectivity index (χ2v) is 4.13. The van der Waals surface area contributed by atoms with Gasteiger partial charge < -0.3 is 10.6 Å². The lowest BCUT2D eigenvalue weighted by Crippen LogP contribution is -2.21. The van der Waals surface area contributed by atoms with Crippen molar-refractivity contribution in [2.75, 3.05) is 5.32 Å². The first-order valence-corrected chi connectivity index (χ1v) is 5.74. The van der Waals surface area contributed by atoms with E-state index in [2.05, 4.69) is 24.5 Å². The first-order chi connectivity index (χ1) is 7.61. The van der Waals surface area contributed by atoms with Gasteiger partial charge in [-0.25, -0.2) is 0 Å². The molecule has 1 aromatic rings. The number of amides is 1. The first-order valence-electron chi connectivity index (χ1n) is 5.74. The molecule has 0 saturated carbocycles. The fourth-order valence-corrected chi connectivity index (χ4v) is 1.28. The van der Waals surface area contributed by atoms with Crippen LogP contribution in [0.1, 0.15) is 32.8 Å². The van der Waals surface area contributed by atoms with Crippen molar-refractivity contribution in [2.24, 2.45) is 0 Å². The van der Waals surface area contributed by atoms with Crippen LogP contribution in [0.4, 0.5) is 5.69 Å². The van der Waals surface area contributed by atoms with E-state index in [0.29, 0.717) is 12.5 Å². The molecule has 0 heterocycles. The van der Waals surface area contributed by atoms with Crippen LogP contribution in [0.2, 0.25) is 0 Å². The topological polar surface area (TPSA) is 41.1 Å². The van der Waals surface area contributed by atoms with Crippen LogP contribution in [0, 0.1) is 0 Å². The van der Waals surface area contributed by atoms with Crippen LogP contribution in [0.3, 0.4) is 0 Å². The molecule has 1 rings (SSSR count). The van der Waals surface area contributed by atoms with Gasteiger partial charge in [-0.3, -0.25) is 4.79 Å². The lowest BCUT2D eigenvalue weighted by molar-refractivity contribution is -0.115. The average molecular weight is 220 g/mol. The number of hydrogen-bond donors (Lipinski definition) is 2. The molecule has 3 heteroatoms. The predicted octanol–water partition coefficient (Wildman–Crippen LogP) is 2.53. The molecule has 0 aliphatic heterocycles. The number of anilines is 1. The third kappa shape index (κ3) is 4.45. The Balaban J connectivity index is 2.51. The van der Waals surface area contributed by atoms with E-state index in [-0.39, 0.29) is 5.91 Å². The third-order valence-corrected chi connectivity index (χ3v) is 2.27. The van der Waals surface area contributed by atoms with Gasteiger partial charge in [-0.05, 0) is 17.7 Å². The summed E-state index contributed by atoms with van der Waals surface area (Å²) >= 11 is 0. The average Bonchev–Trinajstić information content (AvgIpc) is 2.28. The Bertz CT molecular complexity index is 330. The summed E-state index contributed by atoms with van der Waals surface area (Å²) in [5.41, 5.74) is 2.09. The monoisotopic (exact) mass is 220 g/mol. The molecule has 0 aliphatic rings. The molecule has 3 nitrogen and oxygen atoms in total. The smallest absolute Gasteiger partial charge is 0.224 e. The van der Waals surface area contributed by atoms with Gasteiger partial charge in [0.15, 0.2) is 0 Å². The molecule has 88 valence electrons. The van der Waals surface area contributed by atoms with E-state index < -0.39 is 0 Å². The standard InChI is InChI=1S/C13H20N2O/c1-4-13(16)15-12-7-5-11(6-8-12)9-14-10(2)3/h5-8,10,14H,4,9H2,1-3H3,(H,15,16). The Labute approximate surface area is 97.2 Å². The highest BCUT2D eigenvalue weighted by Crippen LogP contribution is 2.09. The predicted molar refractivity (Wildman–Crippen MR) is 67.3 cm³/mol. The van der Waals surface area contributed by atoms with Gasteiger partial charge in [-0.2, -0.15) is 0 Å². The molecule has 0 atom stereocenters. The Kier molecular flexibility index (Phi) is 4.99. The number of nitrogens with one attached hydrogen (secondary N) is 2. The van der Waals surface area contributed by atoms with Crippen LogP contribution in [0.5, 0.6) is 0 Å². The van der Waals surface area contributed by atoms with Crippen LogP contribution in [0.15, 0.2) is 24.3 Å². The lowest BCUT2D eigenvalue weighted by Gasteiger charge is -2.09. The van der Waals surface area contributed by atoms with Crippen molar-refractivity contribution >= 4 is 11.6 Å². The van der Waals surface area contributed by atoms with Crippen molar-refractivity contribution in [2.45, 2.75) is 39.8 Å². The molecule has 0 spiro atoms. The molecule has 0 aromatic heterocycles. The number of carbonyl (C=O) groups is 1. The second-order valence-electron chi connectivity index (χ2n) is 4.13. The molecule has 0 bridgehead atoms. The van der Waals surface area contributed by atoms with Crippen LogP contribution < -0.4 is 10.6 Å². The van der Waals surface area contributed by atoms with Gasteiger partial charge in [0.2, 0.25) is 5.91 Å². The van der Waals surface area contributed by atoms with Crippen LogP contribution >= 0.6 is 0 Å². The highest BCUT2D eigenvalue weighted by Gasteiger charge is 1.99. The number of benzene rings is 1. The minimum atomic E-state index is 0.0491. The van der Waals surface area contributed by atoms with Gasteiger partial charge >= 0.3 is 0 Å². The van der Waals surface area contributed by atoms with Gasteiger partial charge in [0.25, 0.3) is 0 Å². The molecular weight excluding hydrogens is 200 g/mol. The van der Waals surface area contributed by atoms with Crippen molar-refractivity contribution in [3.05, 3.63) is 29.8 Å². The van der Waals surface area contributed by atoms with Gasteiger partial charge in [0.05, 0.1) is 0 Å². The van der Waals surface area contributed by atoms with Gasteiger partial charge in [0.1, 0.15) is 0 Å². The SMILES string of the molecule is CCC(=O)Nc1ccc(CNC(C)C)cc1. The minimum absolute atomic E-state index is 0.0491. The first kappa shape index (κ1) is 12.7. The van der Waals surface area contributed by atoms with Crippen LogP contribution in [0.25, 0.3) is 0 Å². The van der Waals surface area contributed by atoms with E-state index >= 15 is 0 Å². The maximum atomic E-state index is 11.2. The Hall–Kier alpha value is -1.35. The summed E-state index contributed by atoms with van der Waals surface area (Å²) in [4.78, 5) is 11.2. The van der Waals surface area contributed by atoms with E-state index in [0.717, 1.165) is 12.2 Å². The van der Waals surface area contributed by atoms with Crippen molar-refractivity contribution in [3.8, 4) is 0 Å². The lowest BCUT2D eigenvalue weighted by atomic mass is 10.2. The van der Waals surface area contributed by atoms with E-state index in [1.807, 2.05) is 31.2 Å². The van der Waals surface area contributed by atoms with Gasteiger partial charge in [0, 0.05) is 24.7 Å². The summed E-state index contributed by atoms with van der Waals surface area (Å²) in [6.07, 6.45) is 0.511. The molecule has 2 N–H and O–H groups in total. The van der Waals surface area contributed by atoms with E-state index in [9.17, 15) is 4.79 Å². The van der Waals surface area contributed by atoms with E-state index in [4.69, 9.17) is 0 Å². The molecular formula is C13H20N2O. The maximum absolute atomic E-state index is 11.2. The summed E-state index contributed by atoms with van der Waals surface area (Å²) in [6.45, 7) is 6.95. The molecule has 0 fully saturated rings. The summed E-state index contributed by atoms with van der Waals surface area (Å²) in [6, 6.07) is 8.41. The second kappa shape index (κ2) is 6.28. The van der Waals surface area contributed by atoms with E-state index in [1.165, 1.54) is 5.56 Å². The summed E-state index contributed by atoms with van der Waals surface area (Å²) in [7, 11) is 0. The Morgan fingerprint density at radius 2 is 1.88 bits per heavy atom. The zero-order valence-corrected chi connectivity index (χ0v) is 10.2. The molecule has 0 unspecified atom stereocenters. The summed E-state index contributed by atoms with van der Waals surface area (Å²) in [5.74, 6) is 0.0491. The largest absolute Gasteiger partial charge is 0.326 e. The molecule has 0 aliphatic carbocycles. The molecule has 16 heavy (non-hydrogen) atoms. The minimum Gasteiger partial charge on any atom is -0.326 e. The molecule has 1 aromatic carbocycles. The zero-order valence-electron chi connectivity index (χ0n) is 10.2. The highest BCUT2D eigenvalue weighted by atomic mass is 16.1. The Morgan fingerprint density at radius 3 is 2.38 bits per heavy atom. The fourth-order valence-electron chi connectivity index (χ4n) is 1.28. The highest BCUT2D eigenvalue weighted by molar-refractivity contribution is 5.90. The van der Waals surface area contributed by atoms with Crippen LogP contribution in [-0.4, -0.2) is 11.9 Å². The molecule has 0 saturated heterocycles. The van der Waals surface area contributed by atoms with Crippen molar-refractivity contribution in [1.82, 2.24) is 5.32 Å². The summed E-state index contributed by atoms with van der Waals surface area (Å²) in [5, 5.41) is 6.17. The maximum Gasteiger partial charge on any atom is 0.224 e. The van der Waals surface area contributed by atoms with Crippen molar-refractivity contribution in [3.63, 3.8) is 0 Å². The Morgan fingerprint density at radius 1 is 1.25 bits per heavy atom. The number of rotatable bonds is 5. The van der Waals surface area contributed by atoms with Gasteiger partial charge in [-0.1, -0.05) is 32.9 Å².